The van der Waals surface area contributed by atoms with Crippen molar-refractivity contribution in [2.24, 2.45) is 17.8 Å². The fourth-order valence-corrected chi connectivity index (χ4v) is 5.36. The van der Waals surface area contributed by atoms with E-state index in [1.54, 1.807) is 11.1 Å². The van der Waals surface area contributed by atoms with Crippen molar-refractivity contribution >= 4 is 0 Å². The molecule has 5 rings (SSSR count). The van der Waals surface area contributed by atoms with Gasteiger partial charge in [0.15, 0.2) is 0 Å². The van der Waals surface area contributed by atoms with Gasteiger partial charge in [0.1, 0.15) is 0 Å². The smallest absolute Gasteiger partial charge is 0.0204 e. The van der Waals surface area contributed by atoms with Gasteiger partial charge in [0.25, 0.3) is 0 Å². The molecule has 1 aromatic carbocycles. The number of hydrogen-bond acceptors (Lipinski definition) is 0. The Morgan fingerprint density at radius 1 is 1.00 bits per heavy atom. The van der Waals surface area contributed by atoms with Crippen LogP contribution in [0.2, 0.25) is 0 Å². The zero-order valence-electron chi connectivity index (χ0n) is 12.9. The minimum Gasteiger partial charge on any atom is -0.0844 e. The molecule has 0 aromatic heterocycles. The largest absolute Gasteiger partial charge is 0.0844 e. The third-order valence-electron chi connectivity index (χ3n) is 6.39. The topological polar surface area (TPSA) is 0 Å². The van der Waals surface area contributed by atoms with Crippen LogP contribution in [0.1, 0.15) is 31.2 Å². The molecule has 0 nitrogen and oxygen atoms in total. The van der Waals surface area contributed by atoms with Gasteiger partial charge in [0.2, 0.25) is 0 Å². The van der Waals surface area contributed by atoms with Gasteiger partial charge < -0.3 is 0 Å². The van der Waals surface area contributed by atoms with Crippen LogP contribution in [0.4, 0.5) is 0 Å². The summed E-state index contributed by atoms with van der Waals surface area (Å²) in [7, 11) is 0. The van der Waals surface area contributed by atoms with Gasteiger partial charge >= 0.3 is 0 Å². The predicted octanol–water partition coefficient (Wildman–Crippen LogP) is 5.35. The number of rotatable bonds is 2. The first-order valence-electron chi connectivity index (χ1n) is 8.67. The van der Waals surface area contributed by atoms with E-state index >= 15 is 0 Å². The van der Waals surface area contributed by atoms with Gasteiger partial charge in [-0.3, -0.25) is 0 Å². The molecule has 22 heavy (non-hydrogen) atoms. The molecule has 1 fully saturated rings. The van der Waals surface area contributed by atoms with Gasteiger partial charge in [-0.1, -0.05) is 66.8 Å². The summed E-state index contributed by atoms with van der Waals surface area (Å²) in [4.78, 5) is 0. The maximum Gasteiger partial charge on any atom is 0.0204 e. The predicted molar refractivity (Wildman–Crippen MR) is 91.5 cm³/mol. The van der Waals surface area contributed by atoms with Crippen molar-refractivity contribution in [2.45, 2.75) is 31.1 Å². The Morgan fingerprint density at radius 3 is 2.73 bits per heavy atom. The van der Waals surface area contributed by atoms with Crippen molar-refractivity contribution in [3.05, 3.63) is 83.5 Å². The van der Waals surface area contributed by atoms with E-state index in [0.717, 1.165) is 24.7 Å². The lowest BCUT2D eigenvalue weighted by atomic mass is 9.71. The minimum atomic E-state index is 0.281. The highest BCUT2D eigenvalue weighted by atomic mass is 14.6. The first-order chi connectivity index (χ1) is 10.9. The van der Waals surface area contributed by atoms with E-state index in [1.807, 2.05) is 0 Å². The fraction of sp³-hybridized carbons (Fsp3) is 0.364. The average molecular weight is 286 g/mol. The molecule has 1 aromatic rings. The molecule has 0 unspecified atom stereocenters. The van der Waals surface area contributed by atoms with Crippen LogP contribution in [0.5, 0.6) is 0 Å². The third kappa shape index (κ3) is 1.64. The normalized spacial score (nSPS) is 38.1. The Balaban J connectivity index is 1.54. The summed E-state index contributed by atoms with van der Waals surface area (Å²) in [6.45, 7) is 0. The van der Waals surface area contributed by atoms with E-state index in [-0.39, 0.29) is 5.41 Å². The average Bonchev–Trinajstić information content (AvgIpc) is 3.28. The number of hydrogen-bond donors (Lipinski definition) is 0. The van der Waals surface area contributed by atoms with Crippen LogP contribution in [0.3, 0.4) is 0 Å². The fourth-order valence-electron chi connectivity index (χ4n) is 5.36. The third-order valence-corrected chi connectivity index (χ3v) is 6.39. The summed E-state index contributed by atoms with van der Waals surface area (Å²) in [5.41, 5.74) is 5.05. The molecule has 0 amide bonds. The molecule has 4 atom stereocenters. The lowest BCUT2D eigenvalue weighted by Crippen LogP contribution is -2.28. The highest BCUT2D eigenvalue weighted by Gasteiger charge is 2.56. The van der Waals surface area contributed by atoms with Gasteiger partial charge in [0, 0.05) is 5.41 Å². The molecule has 0 heterocycles. The van der Waals surface area contributed by atoms with E-state index in [1.165, 1.54) is 18.4 Å². The molecule has 1 saturated carbocycles. The molecule has 0 heteroatoms. The molecule has 0 saturated heterocycles. The highest BCUT2D eigenvalue weighted by Crippen LogP contribution is 2.62. The molecule has 110 valence electrons. The Kier molecular flexibility index (Phi) is 2.65. The quantitative estimate of drug-likeness (QED) is 0.643. The molecule has 4 aliphatic carbocycles. The summed E-state index contributed by atoms with van der Waals surface area (Å²) in [6.07, 6.45) is 19.6. The Morgan fingerprint density at radius 2 is 1.91 bits per heavy atom. The monoisotopic (exact) mass is 286 g/mol. The second kappa shape index (κ2) is 4.59. The van der Waals surface area contributed by atoms with Crippen LogP contribution in [-0.4, -0.2) is 0 Å². The standard InChI is InChI=1S/C22H22/c1-3-7-16(8-4-1)18-13-20-17-11-12-22(15-17,21(20)14-18)19-9-5-2-6-10-19/h1-3,5-6,8-12,14,17,20-21H,4,7,13,15H2/t17-,20-,21-,22+/m1/s1. The zero-order valence-corrected chi connectivity index (χ0v) is 12.9. The maximum absolute atomic E-state index is 2.64. The van der Waals surface area contributed by atoms with Crippen LogP contribution in [-0.2, 0) is 5.41 Å². The summed E-state index contributed by atoms with van der Waals surface area (Å²) in [6, 6.07) is 11.2. The highest BCUT2D eigenvalue weighted by molar-refractivity contribution is 5.48. The van der Waals surface area contributed by atoms with Crippen LogP contribution in [0.25, 0.3) is 0 Å². The molecule has 4 aliphatic rings. The van der Waals surface area contributed by atoms with Gasteiger partial charge in [0.05, 0.1) is 0 Å². The minimum absolute atomic E-state index is 0.281. The Bertz CT molecular complexity index is 716. The molecule has 0 radical (unpaired) electrons. The van der Waals surface area contributed by atoms with E-state index in [0.29, 0.717) is 5.92 Å². The molecular formula is C22H22. The van der Waals surface area contributed by atoms with E-state index < -0.39 is 0 Å². The SMILES string of the molecule is C1=CCC(C2=C[C@@H]3[C@H](C2)[C@@H]2C=C[C@@]3(c3ccccc3)C2)=CC1. The van der Waals surface area contributed by atoms with E-state index in [2.05, 4.69) is 66.8 Å². The molecule has 0 spiro atoms. The van der Waals surface area contributed by atoms with Crippen molar-refractivity contribution in [3.8, 4) is 0 Å². The second-order valence-corrected chi connectivity index (χ2v) is 7.36. The van der Waals surface area contributed by atoms with Gasteiger partial charge in [-0.15, -0.1) is 0 Å². The number of benzene rings is 1. The summed E-state index contributed by atoms with van der Waals surface area (Å²) < 4.78 is 0. The van der Waals surface area contributed by atoms with Crippen molar-refractivity contribution in [2.75, 3.05) is 0 Å². The van der Waals surface area contributed by atoms with Gasteiger partial charge in [-0.2, -0.15) is 0 Å². The van der Waals surface area contributed by atoms with E-state index in [9.17, 15) is 0 Å². The van der Waals surface area contributed by atoms with Crippen molar-refractivity contribution in [3.63, 3.8) is 0 Å². The van der Waals surface area contributed by atoms with Gasteiger partial charge in [-0.05, 0) is 60.1 Å². The van der Waals surface area contributed by atoms with Crippen molar-refractivity contribution in [1.29, 1.82) is 0 Å². The van der Waals surface area contributed by atoms with Crippen molar-refractivity contribution in [1.82, 2.24) is 0 Å². The van der Waals surface area contributed by atoms with Crippen molar-refractivity contribution < 1.29 is 0 Å². The summed E-state index contributed by atoms with van der Waals surface area (Å²) in [5.74, 6) is 2.34. The summed E-state index contributed by atoms with van der Waals surface area (Å²) >= 11 is 0. The molecule has 2 bridgehead atoms. The molecule has 0 N–H and O–H groups in total. The molecule has 0 aliphatic heterocycles. The summed E-state index contributed by atoms with van der Waals surface area (Å²) in [5, 5.41) is 0. The molecular weight excluding hydrogens is 264 g/mol. The lowest BCUT2D eigenvalue weighted by Gasteiger charge is -2.32. The van der Waals surface area contributed by atoms with Crippen LogP contribution >= 0.6 is 0 Å². The zero-order chi connectivity index (χ0) is 14.6. The second-order valence-electron chi connectivity index (χ2n) is 7.36. The van der Waals surface area contributed by atoms with Gasteiger partial charge in [-0.25, -0.2) is 0 Å². The lowest BCUT2D eigenvalue weighted by molar-refractivity contribution is 0.369. The van der Waals surface area contributed by atoms with Crippen LogP contribution in [0, 0.1) is 17.8 Å². The van der Waals surface area contributed by atoms with E-state index in [4.69, 9.17) is 0 Å². The van der Waals surface area contributed by atoms with Crippen LogP contribution < -0.4 is 0 Å². The first-order valence-corrected chi connectivity index (χ1v) is 8.67. The maximum atomic E-state index is 2.64. The Labute approximate surface area is 132 Å². The van der Waals surface area contributed by atoms with Crippen LogP contribution in [0.15, 0.2) is 77.9 Å². The first kappa shape index (κ1) is 12.7. The number of allylic oxidation sites excluding steroid dienone is 8. The number of fused-ring (bicyclic) bond motifs is 5. The Hall–Kier alpha value is -1.82.